The lowest BCUT2D eigenvalue weighted by Gasteiger charge is -2.25. The molecular formula is C26H34N4O6. The second kappa shape index (κ2) is 13.2. The highest BCUT2D eigenvalue weighted by atomic mass is 16.4. The largest absolute Gasteiger partial charge is 0.508 e. The predicted molar refractivity (Wildman–Crippen MR) is 134 cm³/mol. The van der Waals surface area contributed by atoms with E-state index in [1.807, 2.05) is 0 Å². The van der Waals surface area contributed by atoms with Gasteiger partial charge in [-0.25, -0.2) is 4.79 Å². The number of benzene rings is 2. The molecule has 0 spiro atoms. The number of amides is 3. The molecule has 0 fully saturated rings. The van der Waals surface area contributed by atoms with Gasteiger partial charge in [-0.1, -0.05) is 56.3 Å². The third kappa shape index (κ3) is 8.70. The molecule has 0 aromatic heterocycles. The van der Waals surface area contributed by atoms with Gasteiger partial charge < -0.3 is 31.9 Å². The van der Waals surface area contributed by atoms with Gasteiger partial charge in [0.25, 0.3) is 0 Å². The summed E-state index contributed by atoms with van der Waals surface area (Å²) in [7, 11) is 0. The molecule has 10 nitrogen and oxygen atoms in total. The van der Waals surface area contributed by atoms with Crippen molar-refractivity contribution in [3.8, 4) is 5.75 Å². The van der Waals surface area contributed by atoms with E-state index in [2.05, 4.69) is 16.0 Å². The van der Waals surface area contributed by atoms with Gasteiger partial charge >= 0.3 is 5.97 Å². The van der Waals surface area contributed by atoms with Crippen LogP contribution in [0.4, 0.5) is 0 Å². The van der Waals surface area contributed by atoms with Gasteiger partial charge in [0, 0.05) is 6.42 Å². The monoisotopic (exact) mass is 498 g/mol. The number of aromatic hydroxyl groups is 1. The Balaban J connectivity index is 1.96. The number of rotatable bonds is 12. The Kier molecular flexibility index (Phi) is 10.4. The van der Waals surface area contributed by atoms with E-state index in [0.29, 0.717) is 0 Å². The standard InChI is InChI=1S/C26H34N4O6/c1-15(2)22(30-24(33)20(27)13-18-9-11-19(31)12-10-18)25(34)28-16(3)23(32)29-21(26(35)36)14-17-7-5-4-6-8-17/h4-12,15-16,20-22,31H,13-14,27H2,1-3H3,(H,28,34)(H,29,32)(H,30,33)(H,35,36). The molecule has 2 rings (SSSR count). The number of phenolic OH excluding ortho intramolecular Hbond substituents is 1. The van der Waals surface area contributed by atoms with Crippen molar-refractivity contribution in [2.24, 2.45) is 11.7 Å². The highest BCUT2D eigenvalue weighted by molar-refractivity contribution is 5.94. The van der Waals surface area contributed by atoms with E-state index in [1.165, 1.54) is 19.1 Å². The first-order valence-corrected chi connectivity index (χ1v) is 11.7. The number of carboxylic acid groups (broad SMARTS) is 1. The van der Waals surface area contributed by atoms with Gasteiger partial charge in [0.15, 0.2) is 0 Å². The number of phenols is 1. The molecule has 3 amide bonds. The topological polar surface area (TPSA) is 171 Å². The molecule has 0 saturated heterocycles. The van der Waals surface area contributed by atoms with Crippen LogP contribution in [0.15, 0.2) is 54.6 Å². The van der Waals surface area contributed by atoms with Crippen LogP contribution in [0.5, 0.6) is 5.75 Å². The molecule has 10 heteroatoms. The minimum absolute atomic E-state index is 0.0895. The van der Waals surface area contributed by atoms with Crippen molar-refractivity contribution < 1.29 is 29.4 Å². The summed E-state index contributed by atoms with van der Waals surface area (Å²) in [6.45, 7) is 4.91. The maximum Gasteiger partial charge on any atom is 0.326 e. The fourth-order valence-electron chi connectivity index (χ4n) is 3.49. The summed E-state index contributed by atoms with van der Waals surface area (Å²) in [4.78, 5) is 49.8. The quantitative estimate of drug-likeness (QED) is 0.250. The van der Waals surface area contributed by atoms with Crippen LogP contribution in [0.3, 0.4) is 0 Å². The third-order valence-electron chi connectivity index (χ3n) is 5.62. The SMILES string of the molecule is CC(NC(=O)C(NC(=O)C(N)Cc1ccc(O)cc1)C(C)C)C(=O)NC(Cc1ccccc1)C(=O)O. The maximum absolute atomic E-state index is 12.9. The normalized spacial score (nSPS) is 14.2. The van der Waals surface area contributed by atoms with Gasteiger partial charge in [-0.2, -0.15) is 0 Å². The van der Waals surface area contributed by atoms with E-state index in [0.717, 1.165) is 11.1 Å². The van der Waals surface area contributed by atoms with Crippen molar-refractivity contribution in [1.29, 1.82) is 0 Å². The van der Waals surface area contributed by atoms with Gasteiger partial charge in [-0.05, 0) is 42.5 Å². The Morgan fingerprint density at radius 3 is 1.92 bits per heavy atom. The number of nitrogens with one attached hydrogen (secondary N) is 3. The van der Waals surface area contributed by atoms with Gasteiger partial charge in [0.1, 0.15) is 23.9 Å². The fraction of sp³-hybridized carbons (Fsp3) is 0.385. The van der Waals surface area contributed by atoms with Crippen molar-refractivity contribution in [3.05, 3.63) is 65.7 Å². The predicted octanol–water partition coefficient (Wildman–Crippen LogP) is 0.720. The number of carboxylic acids is 1. The number of hydrogen-bond acceptors (Lipinski definition) is 6. The summed E-state index contributed by atoms with van der Waals surface area (Å²) in [6, 6.07) is 11.1. The smallest absolute Gasteiger partial charge is 0.326 e. The summed E-state index contributed by atoms with van der Waals surface area (Å²) in [5, 5.41) is 26.5. The fourth-order valence-corrected chi connectivity index (χ4v) is 3.49. The zero-order chi connectivity index (χ0) is 26.8. The summed E-state index contributed by atoms with van der Waals surface area (Å²) in [5.74, 6) is -3.20. The minimum atomic E-state index is -1.19. The molecule has 194 valence electrons. The molecule has 0 aliphatic rings. The molecule has 2 aromatic rings. The lowest BCUT2D eigenvalue weighted by Crippen LogP contribution is -2.58. The molecule has 0 radical (unpaired) electrons. The van der Waals surface area contributed by atoms with Crippen LogP contribution in [0, 0.1) is 5.92 Å². The van der Waals surface area contributed by atoms with Gasteiger partial charge in [-0.3, -0.25) is 14.4 Å². The number of aliphatic carboxylic acids is 1. The Morgan fingerprint density at radius 1 is 0.778 bits per heavy atom. The first kappa shape index (κ1) is 28.3. The Bertz CT molecular complexity index is 1040. The van der Waals surface area contributed by atoms with E-state index in [1.54, 1.807) is 56.3 Å². The highest BCUT2D eigenvalue weighted by Crippen LogP contribution is 2.11. The molecule has 0 bridgehead atoms. The molecule has 36 heavy (non-hydrogen) atoms. The molecule has 0 aliphatic heterocycles. The Labute approximate surface area is 210 Å². The first-order chi connectivity index (χ1) is 17.0. The van der Waals surface area contributed by atoms with Crippen LogP contribution in [0.1, 0.15) is 31.9 Å². The minimum Gasteiger partial charge on any atom is -0.508 e. The van der Waals surface area contributed by atoms with Gasteiger partial charge in [0.2, 0.25) is 17.7 Å². The van der Waals surface area contributed by atoms with Gasteiger partial charge in [0.05, 0.1) is 6.04 Å². The lowest BCUT2D eigenvalue weighted by atomic mass is 10.0. The number of carbonyl (C=O) groups is 4. The Morgan fingerprint density at radius 2 is 1.36 bits per heavy atom. The van der Waals surface area contributed by atoms with Crippen molar-refractivity contribution in [3.63, 3.8) is 0 Å². The first-order valence-electron chi connectivity index (χ1n) is 11.7. The summed E-state index contributed by atoms with van der Waals surface area (Å²) < 4.78 is 0. The van der Waals surface area contributed by atoms with E-state index in [9.17, 15) is 29.4 Å². The molecule has 2 aromatic carbocycles. The zero-order valence-corrected chi connectivity index (χ0v) is 20.6. The van der Waals surface area contributed by atoms with Crippen LogP contribution in [0.2, 0.25) is 0 Å². The average Bonchev–Trinajstić information content (AvgIpc) is 2.83. The second-order valence-corrected chi connectivity index (χ2v) is 9.03. The van der Waals surface area contributed by atoms with E-state index in [4.69, 9.17) is 5.73 Å². The lowest BCUT2D eigenvalue weighted by molar-refractivity contribution is -0.142. The molecular weight excluding hydrogens is 464 g/mol. The number of nitrogens with two attached hydrogens (primary N) is 1. The molecule has 0 aliphatic carbocycles. The number of carbonyl (C=O) groups excluding carboxylic acids is 3. The molecule has 0 saturated carbocycles. The van der Waals surface area contributed by atoms with E-state index >= 15 is 0 Å². The Hall–Kier alpha value is -3.92. The molecule has 0 heterocycles. The summed E-state index contributed by atoms with van der Waals surface area (Å²) >= 11 is 0. The van der Waals surface area contributed by atoms with Gasteiger partial charge in [-0.15, -0.1) is 0 Å². The number of hydrogen-bond donors (Lipinski definition) is 6. The summed E-state index contributed by atoms with van der Waals surface area (Å²) in [6.07, 6.45) is 0.293. The highest BCUT2D eigenvalue weighted by Gasteiger charge is 2.30. The maximum atomic E-state index is 12.9. The van der Waals surface area contributed by atoms with Crippen molar-refractivity contribution in [1.82, 2.24) is 16.0 Å². The molecule has 7 N–H and O–H groups in total. The van der Waals surface area contributed by atoms with Crippen LogP contribution >= 0.6 is 0 Å². The van der Waals surface area contributed by atoms with E-state index in [-0.39, 0.29) is 24.5 Å². The second-order valence-electron chi connectivity index (χ2n) is 9.03. The van der Waals surface area contributed by atoms with Crippen LogP contribution < -0.4 is 21.7 Å². The average molecular weight is 499 g/mol. The third-order valence-corrected chi connectivity index (χ3v) is 5.62. The van der Waals surface area contributed by atoms with E-state index < -0.39 is 47.9 Å². The molecule has 4 unspecified atom stereocenters. The van der Waals surface area contributed by atoms with Crippen molar-refractivity contribution >= 4 is 23.7 Å². The summed E-state index contributed by atoms with van der Waals surface area (Å²) in [5.41, 5.74) is 7.49. The van der Waals surface area contributed by atoms with Crippen molar-refractivity contribution in [2.45, 2.75) is 57.8 Å². The van der Waals surface area contributed by atoms with Crippen molar-refractivity contribution in [2.75, 3.05) is 0 Å². The van der Waals surface area contributed by atoms with Crippen LogP contribution in [-0.4, -0.2) is 58.1 Å². The zero-order valence-electron chi connectivity index (χ0n) is 20.6. The van der Waals surface area contributed by atoms with Crippen LogP contribution in [-0.2, 0) is 32.0 Å². The molecule has 4 atom stereocenters. The van der Waals surface area contributed by atoms with Crippen LogP contribution in [0.25, 0.3) is 0 Å².